The fraction of sp³-hybridized carbons (Fsp3) is 0.625. The van der Waals surface area contributed by atoms with Gasteiger partial charge in [-0.25, -0.2) is 4.39 Å². The van der Waals surface area contributed by atoms with Gasteiger partial charge in [0.05, 0.1) is 6.10 Å². The first-order valence-corrected chi connectivity index (χ1v) is 7.02. The number of aliphatic hydroxyl groups excluding tert-OH is 1. The summed E-state index contributed by atoms with van der Waals surface area (Å²) in [5.74, 6) is -0.306. The number of rotatable bonds is 3. The number of halogens is 1. The van der Waals surface area contributed by atoms with Crippen LogP contribution in [0.4, 0.5) is 4.39 Å². The summed E-state index contributed by atoms with van der Waals surface area (Å²) in [6, 6.07) is 6.24. The second-order valence-corrected chi connectivity index (χ2v) is 6.69. The molecule has 0 amide bonds. The summed E-state index contributed by atoms with van der Waals surface area (Å²) < 4.78 is 13.3. The van der Waals surface area contributed by atoms with E-state index < -0.39 is 6.10 Å². The number of benzene rings is 1. The third-order valence-electron chi connectivity index (χ3n) is 4.75. The van der Waals surface area contributed by atoms with E-state index in [1.165, 1.54) is 12.1 Å². The summed E-state index contributed by atoms with van der Waals surface area (Å²) in [7, 11) is 0. The zero-order valence-corrected chi connectivity index (χ0v) is 11.8. The Morgan fingerprint density at radius 3 is 2.42 bits per heavy atom. The molecule has 2 rings (SSSR count). The van der Waals surface area contributed by atoms with E-state index in [0.29, 0.717) is 17.5 Å². The highest BCUT2D eigenvalue weighted by atomic mass is 19.1. The number of aliphatic hydroxyl groups is 1. The molecule has 0 aliphatic heterocycles. The van der Waals surface area contributed by atoms with Crippen molar-refractivity contribution in [3.05, 3.63) is 35.6 Å². The molecule has 1 aliphatic carbocycles. The highest BCUT2D eigenvalue weighted by Crippen LogP contribution is 2.50. The second kappa shape index (κ2) is 5.22. The maximum atomic E-state index is 13.3. The van der Waals surface area contributed by atoms with Crippen molar-refractivity contribution in [2.75, 3.05) is 6.54 Å². The Kier molecular flexibility index (Phi) is 3.98. The molecule has 0 saturated heterocycles. The minimum atomic E-state index is -0.677. The van der Waals surface area contributed by atoms with Crippen molar-refractivity contribution >= 4 is 0 Å². The van der Waals surface area contributed by atoms with E-state index in [2.05, 4.69) is 13.8 Å². The molecule has 1 fully saturated rings. The summed E-state index contributed by atoms with van der Waals surface area (Å²) in [6.07, 6.45) is 3.22. The third kappa shape index (κ3) is 2.98. The fourth-order valence-electron chi connectivity index (χ4n) is 3.04. The summed E-state index contributed by atoms with van der Waals surface area (Å²) >= 11 is 0. The molecule has 1 saturated carbocycles. The third-order valence-corrected chi connectivity index (χ3v) is 4.75. The van der Waals surface area contributed by atoms with Gasteiger partial charge in [0.2, 0.25) is 0 Å². The van der Waals surface area contributed by atoms with Crippen LogP contribution >= 0.6 is 0 Å². The SMILES string of the molecule is CC1(C)CCC(CN)(C(O)c2cccc(F)c2)CC1. The van der Waals surface area contributed by atoms with Crippen LogP contribution in [0.5, 0.6) is 0 Å². The van der Waals surface area contributed by atoms with E-state index in [9.17, 15) is 9.50 Å². The number of hydrogen-bond donors (Lipinski definition) is 2. The predicted octanol–water partition coefficient (Wildman–Crippen LogP) is 3.40. The Morgan fingerprint density at radius 1 is 1.26 bits per heavy atom. The van der Waals surface area contributed by atoms with Crippen molar-refractivity contribution in [3.8, 4) is 0 Å². The van der Waals surface area contributed by atoms with E-state index in [4.69, 9.17) is 5.73 Å². The van der Waals surface area contributed by atoms with Gasteiger partial charge >= 0.3 is 0 Å². The molecule has 0 bridgehead atoms. The van der Waals surface area contributed by atoms with Crippen LogP contribution in [0.25, 0.3) is 0 Å². The average Bonchev–Trinajstić information content (AvgIpc) is 2.39. The minimum Gasteiger partial charge on any atom is -0.388 e. The largest absolute Gasteiger partial charge is 0.388 e. The molecule has 0 spiro atoms. The lowest BCUT2D eigenvalue weighted by molar-refractivity contribution is -0.0237. The fourth-order valence-corrected chi connectivity index (χ4v) is 3.04. The van der Waals surface area contributed by atoms with Gasteiger partial charge in [0.1, 0.15) is 5.82 Å². The number of hydrogen-bond acceptors (Lipinski definition) is 2. The van der Waals surface area contributed by atoms with Gasteiger partial charge in [-0.05, 0) is 48.8 Å². The van der Waals surface area contributed by atoms with Gasteiger partial charge in [0, 0.05) is 12.0 Å². The lowest BCUT2D eigenvalue weighted by atomic mass is 9.62. The van der Waals surface area contributed by atoms with Gasteiger partial charge in [-0.1, -0.05) is 26.0 Å². The highest BCUT2D eigenvalue weighted by Gasteiger charge is 2.43. The van der Waals surface area contributed by atoms with Crippen LogP contribution in [-0.4, -0.2) is 11.7 Å². The maximum absolute atomic E-state index is 13.3. The lowest BCUT2D eigenvalue weighted by Crippen LogP contribution is -2.41. The monoisotopic (exact) mass is 265 g/mol. The second-order valence-electron chi connectivity index (χ2n) is 6.69. The van der Waals surface area contributed by atoms with E-state index >= 15 is 0 Å². The normalized spacial score (nSPS) is 23.0. The van der Waals surface area contributed by atoms with Crippen LogP contribution in [0.15, 0.2) is 24.3 Å². The molecule has 3 heteroatoms. The molecule has 0 heterocycles. The van der Waals surface area contributed by atoms with E-state index in [1.54, 1.807) is 12.1 Å². The van der Waals surface area contributed by atoms with Crippen LogP contribution in [0.2, 0.25) is 0 Å². The Morgan fingerprint density at radius 2 is 1.89 bits per heavy atom. The van der Waals surface area contributed by atoms with Gasteiger partial charge < -0.3 is 10.8 Å². The molecule has 1 aromatic carbocycles. The van der Waals surface area contributed by atoms with E-state index in [0.717, 1.165) is 25.7 Å². The van der Waals surface area contributed by atoms with Crippen LogP contribution in [0, 0.1) is 16.6 Å². The molecule has 1 aromatic rings. The van der Waals surface area contributed by atoms with Crippen molar-refractivity contribution < 1.29 is 9.50 Å². The van der Waals surface area contributed by atoms with E-state index in [-0.39, 0.29) is 11.2 Å². The standard InChI is InChI=1S/C16H24FNO/c1-15(2)6-8-16(11-18,9-7-15)14(19)12-4-3-5-13(17)10-12/h3-5,10,14,19H,6-9,11,18H2,1-2H3. The smallest absolute Gasteiger partial charge is 0.123 e. The predicted molar refractivity (Wildman–Crippen MR) is 75.1 cm³/mol. The first kappa shape index (κ1) is 14.5. The van der Waals surface area contributed by atoms with Crippen LogP contribution in [0.3, 0.4) is 0 Å². The molecule has 1 atom stereocenters. The number of nitrogens with two attached hydrogens (primary N) is 1. The first-order valence-electron chi connectivity index (χ1n) is 7.02. The molecule has 19 heavy (non-hydrogen) atoms. The molecule has 1 aliphatic rings. The highest BCUT2D eigenvalue weighted by molar-refractivity contribution is 5.21. The van der Waals surface area contributed by atoms with Crippen molar-refractivity contribution in [1.82, 2.24) is 0 Å². The summed E-state index contributed by atoms with van der Waals surface area (Å²) in [5, 5.41) is 10.6. The molecule has 1 unspecified atom stereocenters. The Labute approximate surface area is 114 Å². The van der Waals surface area contributed by atoms with Crippen LogP contribution in [-0.2, 0) is 0 Å². The van der Waals surface area contributed by atoms with Crippen molar-refractivity contribution in [1.29, 1.82) is 0 Å². The molecule has 0 aromatic heterocycles. The van der Waals surface area contributed by atoms with Gasteiger partial charge in [0.15, 0.2) is 0 Å². The Balaban J connectivity index is 2.22. The van der Waals surface area contributed by atoms with Gasteiger partial charge in [-0.2, -0.15) is 0 Å². The average molecular weight is 265 g/mol. The molecular formula is C16H24FNO. The quantitative estimate of drug-likeness (QED) is 0.879. The van der Waals surface area contributed by atoms with Crippen molar-refractivity contribution in [2.45, 2.75) is 45.6 Å². The summed E-state index contributed by atoms with van der Waals surface area (Å²) in [5.41, 5.74) is 6.61. The molecule has 3 N–H and O–H groups in total. The lowest BCUT2D eigenvalue weighted by Gasteiger charge is -2.45. The Hall–Kier alpha value is -0.930. The maximum Gasteiger partial charge on any atom is 0.123 e. The summed E-state index contributed by atoms with van der Waals surface area (Å²) in [4.78, 5) is 0. The molecule has 106 valence electrons. The summed E-state index contributed by atoms with van der Waals surface area (Å²) in [6.45, 7) is 4.95. The van der Waals surface area contributed by atoms with Gasteiger partial charge in [-0.15, -0.1) is 0 Å². The molecular weight excluding hydrogens is 241 g/mol. The van der Waals surface area contributed by atoms with Crippen LogP contribution in [0.1, 0.15) is 51.2 Å². The molecule has 2 nitrogen and oxygen atoms in total. The first-order chi connectivity index (χ1) is 8.88. The van der Waals surface area contributed by atoms with Crippen LogP contribution < -0.4 is 5.73 Å². The topological polar surface area (TPSA) is 46.2 Å². The van der Waals surface area contributed by atoms with Crippen molar-refractivity contribution in [2.24, 2.45) is 16.6 Å². The Bertz CT molecular complexity index is 434. The van der Waals surface area contributed by atoms with E-state index in [1.807, 2.05) is 0 Å². The zero-order valence-electron chi connectivity index (χ0n) is 11.8. The van der Waals surface area contributed by atoms with Gasteiger partial charge in [0.25, 0.3) is 0 Å². The van der Waals surface area contributed by atoms with Crippen molar-refractivity contribution in [3.63, 3.8) is 0 Å². The van der Waals surface area contributed by atoms with Gasteiger partial charge in [-0.3, -0.25) is 0 Å². The molecule has 0 radical (unpaired) electrons. The zero-order chi connectivity index (χ0) is 14.1. The minimum absolute atomic E-state index is 0.302.